The van der Waals surface area contributed by atoms with Crippen LogP contribution in [0.4, 0.5) is 5.69 Å². The number of aliphatic imine (C=N–C) groups is 1. The molecule has 0 saturated heterocycles. The molecule has 4 amide bonds. The SMILES string of the molecule is NC(N)=NCCC[C@@H]1COc2ccc(NC(=O)c3ccc4[nH]c(=O)c(=O)[nH]c4c3)cc2C(=O)NC[C@H](N)C(=O)N[C@H](Cc2ccccc2)C(=O)N1. The zero-order chi connectivity index (χ0) is 36.5. The minimum absolute atomic E-state index is 0.0189. The van der Waals surface area contributed by atoms with Crippen molar-refractivity contribution in [2.24, 2.45) is 22.2 Å². The highest BCUT2D eigenvalue weighted by molar-refractivity contribution is 6.07. The molecule has 17 nitrogen and oxygen atoms in total. The third-order valence-corrected chi connectivity index (χ3v) is 7.99. The summed E-state index contributed by atoms with van der Waals surface area (Å²) in [6.07, 6.45) is 1.05. The molecule has 0 bridgehead atoms. The number of nitrogens with two attached hydrogens (primary N) is 3. The Kier molecular flexibility index (Phi) is 11.4. The molecule has 1 aromatic heterocycles. The number of H-pyrrole nitrogens is 2. The fourth-order valence-electron chi connectivity index (χ4n) is 5.33. The maximum Gasteiger partial charge on any atom is 0.314 e. The summed E-state index contributed by atoms with van der Waals surface area (Å²) in [5.41, 5.74) is 17.2. The van der Waals surface area contributed by atoms with Crippen molar-refractivity contribution in [3.8, 4) is 5.75 Å². The number of aromatic nitrogens is 2. The molecule has 51 heavy (non-hydrogen) atoms. The van der Waals surface area contributed by atoms with Crippen molar-refractivity contribution in [3.63, 3.8) is 0 Å². The first-order valence-corrected chi connectivity index (χ1v) is 16.0. The number of carbonyl (C=O) groups is 4. The predicted octanol–water partition coefficient (Wildman–Crippen LogP) is -0.816. The van der Waals surface area contributed by atoms with Crippen LogP contribution in [0.3, 0.4) is 0 Å². The van der Waals surface area contributed by atoms with Gasteiger partial charge in [-0.25, -0.2) is 0 Å². The summed E-state index contributed by atoms with van der Waals surface area (Å²) in [6.45, 7) is -0.0470. The molecule has 0 unspecified atom stereocenters. The maximum atomic E-state index is 13.6. The van der Waals surface area contributed by atoms with E-state index >= 15 is 0 Å². The van der Waals surface area contributed by atoms with Gasteiger partial charge in [-0.3, -0.25) is 33.8 Å². The van der Waals surface area contributed by atoms with Crippen LogP contribution in [0.25, 0.3) is 11.0 Å². The Labute approximate surface area is 290 Å². The first-order chi connectivity index (χ1) is 24.5. The van der Waals surface area contributed by atoms with E-state index in [-0.39, 0.29) is 53.6 Å². The van der Waals surface area contributed by atoms with Crippen LogP contribution in [0, 0.1) is 0 Å². The number of benzene rings is 3. The van der Waals surface area contributed by atoms with Crippen molar-refractivity contribution < 1.29 is 23.9 Å². The van der Waals surface area contributed by atoms with Gasteiger partial charge < -0.3 is 53.2 Å². The van der Waals surface area contributed by atoms with Gasteiger partial charge in [-0.1, -0.05) is 30.3 Å². The summed E-state index contributed by atoms with van der Waals surface area (Å²) < 4.78 is 6.10. The van der Waals surface area contributed by atoms with Gasteiger partial charge in [0.05, 0.1) is 22.6 Å². The van der Waals surface area contributed by atoms with Crippen LogP contribution in [0.15, 0.2) is 81.3 Å². The molecule has 0 aliphatic carbocycles. The van der Waals surface area contributed by atoms with E-state index in [0.717, 1.165) is 5.56 Å². The molecular weight excluding hydrogens is 660 g/mol. The van der Waals surface area contributed by atoms with Crippen LogP contribution in [0.2, 0.25) is 0 Å². The number of amides is 4. The topological polar surface area (TPSA) is 282 Å². The summed E-state index contributed by atoms with van der Waals surface area (Å²) in [5, 5.41) is 11.0. The molecule has 3 atom stereocenters. The molecule has 0 saturated carbocycles. The average molecular weight is 699 g/mol. The molecule has 1 aliphatic heterocycles. The lowest BCUT2D eigenvalue weighted by Gasteiger charge is -2.26. The van der Waals surface area contributed by atoms with Gasteiger partial charge in [0.1, 0.15) is 24.4 Å². The van der Waals surface area contributed by atoms with Crippen molar-refractivity contribution in [1.82, 2.24) is 25.9 Å². The molecule has 3 aromatic carbocycles. The zero-order valence-corrected chi connectivity index (χ0v) is 27.4. The summed E-state index contributed by atoms with van der Waals surface area (Å²) in [7, 11) is 0. The summed E-state index contributed by atoms with van der Waals surface area (Å²) >= 11 is 0. The monoisotopic (exact) mass is 698 g/mol. The number of carbonyl (C=O) groups excluding carboxylic acids is 4. The number of nitrogens with one attached hydrogen (secondary N) is 6. The van der Waals surface area contributed by atoms with Gasteiger partial charge >= 0.3 is 11.1 Å². The highest BCUT2D eigenvalue weighted by Crippen LogP contribution is 2.25. The standard InChI is InChI=1S/C34H38N10O7/c35-23-16-39-29(46)22-15-20(40-28(45)19-8-10-24-25(14-19)43-33(50)32(49)42-24)9-11-27(22)51-17-21(7-4-12-38-34(36)37)41-31(48)26(44-30(23)47)13-18-5-2-1-3-6-18/h1-3,5-6,8-11,14-15,21,23,26H,4,7,12-13,16-17,35H2,(H,39,46)(H,40,45)(H,41,48)(H,42,49)(H,43,50)(H,44,47)(H4,36,37,38)/t21-,23+,26-/m1/s1. The smallest absolute Gasteiger partial charge is 0.314 e. The number of fused-ring (bicyclic) bond motifs is 2. The van der Waals surface area contributed by atoms with Gasteiger partial charge in [0.25, 0.3) is 11.8 Å². The van der Waals surface area contributed by atoms with Gasteiger partial charge in [0, 0.05) is 30.8 Å². The minimum atomic E-state index is -1.21. The lowest BCUT2D eigenvalue weighted by Crippen LogP contribution is -2.56. The van der Waals surface area contributed by atoms with E-state index in [1.54, 1.807) is 0 Å². The highest BCUT2D eigenvalue weighted by atomic mass is 16.5. The molecule has 0 spiro atoms. The molecular formula is C34H38N10O7. The Morgan fingerprint density at radius 1 is 0.882 bits per heavy atom. The van der Waals surface area contributed by atoms with Crippen molar-refractivity contribution in [2.45, 2.75) is 37.4 Å². The molecule has 266 valence electrons. The van der Waals surface area contributed by atoms with Gasteiger partial charge in [0.15, 0.2) is 5.96 Å². The van der Waals surface area contributed by atoms with Crippen LogP contribution in [-0.4, -0.2) is 77.4 Å². The zero-order valence-electron chi connectivity index (χ0n) is 27.4. The predicted molar refractivity (Wildman–Crippen MR) is 189 cm³/mol. The van der Waals surface area contributed by atoms with Gasteiger partial charge in [-0.05, 0) is 54.8 Å². The summed E-state index contributed by atoms with van der Waals surface area (Å²) in [4.78, 5) is 85.7. The highest BCUT2D eigenvalue weighted by Gasteiger charge is 2.28. The number of ether oxygens (including phenoxy) is 1. The van der Waals surface area contributed by atoms with Crippen LogP contribution in [0.1, 0.15) is 39.1 Å². The van der Waals surface area contributed by atoms with Crippen LogP contribution < -0.4 is 54.3 Å². The molecule has 4 aromatic rings. The number of hydrogen-bond acceptors (Lipinski definition) is 9. The molecule has 5 rings (SSSR count). The number of hydrogen-bond donors (Lipinski definition) is 9. The first kappa shape index (κ1) is 35.8. The summed E-state index contributed by atoms with van der Waals surface area (Å²) in [6, 6.07) is 15.1. The third-order valence-electron chi connectivity index (χ3n) is 7.99. The number of rotatable bonds is 8. The Balaban J connectivity index is 1.40. The fourth-order valence-corrected chi connectivity index (χ4v) is 5.33. The van der Waals surface area contributed by atoms with Crippen molar-refractivity contribution in [2.75, 3.05) is 25.0 Å². The van der Waals surface area contributed by atoms with Crippen LogP contribution in [0.5, 0.6) is 5.75 Å². The second-order valence-electron chi connectivity index (χ2n) is 11.9. The van der Waals surface area contributed by atoms with Crippen molar-refractivity contribution >= 4 is 46.3 Å². The molecule has 17 heteroatoms. The van der Waals surface area contributed by atoms with E-state index in [1.165, 1.54) is 36.4 Å². The number of guanidine groups is 1. The second kappa shape index (κ2) is 16.3. The number of nitrogens with zero attached hydrogens (tertiary/aromatic N) is 1. The Hall–Kier alpha value is -6.49. The van der Waals surface area contributed by atoms with E-state index in [1.807, 2.05) is 30.3 Å². The normalized spacial score (nSPS) is 18.2. The van der Waals surface area contributed by atoms with E-state index in [9.17, 15) is 28.8 Å². The van der Waals surface area contributed by atoms with Crippen LogP contribution in [-0.2, 0) is 16.0 Å². The van der Waals surface area contributed by atoms with Gasteiger partial charge in [-0.2, -0.15) is 0 Å². The average Bonchev–Trinajstić information content (AvgIpc) is 3.11. The van der Waals surface area contributed by atoms with Gasteiger partial charge in [0.2, 0.25) is 11.8 Å². The second-order valence-corrected chi connectivity index (χ2v) is 11.9. The lowest BCUT2D eigenvalue weighted by atomic mass is 10.0. The van der Waals surface area contributed by atoms with E-state index < -0.39 is 52.9 Å². The Bertz CT molecular complexity index is 2080. The van der Waals surface area contributed by atoms with Crippen molar-refractivity contribution in [3.05, 3.63) is 104 Å². The Morgan fingerprint density at radius 3 is 2.37 bits per heavy atom. The molecule has 0 fully saturated rings. The number of aromatic amines is 2. The largest absolute Gasteiger partial charge is 0.491 e. The summed E-state index contributed by atoms with van der Waals surface area (Å²) in [5.74, 6) is -2.25. The van der Waals surface area contributed by atoms with Crippen molar-refractivity contribution in [1.29, 1.82) is 0 Å². The molecule has 2 heterocycles. The molecule has 12 N–H and O–H groups in total. The molecule has 0 radical (unpaired) electrons. The fraction of sp³-hybridized carbons (Fsp3) is 0.265. The molecule has 1 aliphatic rings. The van der Waals surface area contributed by atoms with E-state index in [2.05, 4.69) is 36.2 Å². The first-order valence-electron chi connectivity index (χ1n) is 16.0. The van der Waals surface area contributed by atoms with Gasteiger partial charge in [-0.15, -0.1) is 0 Å². The van der Waals surface area contributed by atoms with Crippen LogP contribution >= 0.6 is 0 Å². The number of anilines is 1. The Morgan fingerprint density at radius 2 is 1.63 bits per heavy atom. The lowest BCUT2D eigenvalue weighted by molar-refractivity contribution is -0.130. The van der Waals surface area contributed by atoms with E-state index in [4.69, 9.17) is 21.9 Å². The van der Waals surface area contributed by atoms with E-state index in [0.29, 0.717) is 24.9 Å². The quantitative estimate of drug-likeness (QED) is 0.0477. The maximum absolute atomic E-state index is 13.6. The minimum Gasteiger partial charge on any atom is -0.491 e. The third kappa shape index (κ3) is 9.57.